The van der Waals surface area contributed by atoms with Gasteiger partial charge in [0.1, 0.15) is 36.6 Å². The lowest BCUT2D eigenvalue weighted by atomic mass is 9.95. The van der Waals surface area contributed by atoms with Gasteiger partial charge in [0.25, 0.3) is 0 Å². The van der Waals surface area contributed by atoms with Crippen LogP contribution in [0.1, 0.15) is 31.9 Å². The summed E-state index contributed by atoms with van der Waals surface area (Å²) in [6.45, 7) is 3.55. The zero-order valence-corrected chi connectivity index (χ0v) is 29.6. The Kier molecular flexibility index (Phi) is 15.7. The van der Waals surface area contributed by atoms with Crippen molar-refractivity contribution in [2.45, 2.75) is 95.3 Å². The number of benzene rings is 2. The average Bonchev–Trinajstić information content (AvgIpc) is 3.11. The van der Waals surface area contributed by atoms with E-state index in [1.807, 2.05) is 36.4 Å². The molecule has 17 nitrogen and oxygen atoms in total. The van der Waals surface area contributed by atoms with Crippen molar-refractivity contribution in [1.29, 1.82) is 5.41 Å². The molecule has 2 aliphatic heterocycles. The van der Waals surface area contributed by atoms with Crippen LogP contribution in [0.3, 0.4) is 0 Å². The lowest BCUT2D eigenvalue weighted by Crippen LogP contribution is -2.66. The molecule has 0 aromatic heterocycles. The van der Waals surface area contributed by atoms with E-state index >= 15 is 0 Å². The van der Waals surface area contributed by atoms with Crippen molar-refractivity contribution in [3.05, 3.63) is 82.2 Å². The number of nitrogens with zero attached hydrogens (tertiary/aromatic N) is 3. The minimum absolute atomic E-state index is 0.0751. The average molecular weight is 743 g/mol. The van der Waals surface area contributed by atoms with E-state index in [4.69, 9.17) is 59.3 Å². The van der Waals surface area contributed by atoms with Gasteiger partial charge in [-0.25, -0.2) is 4.79 Å². The number of azide groups is 1. The fraction of sp³-hybridized carbons (Fsp3) is 0.515. The second-order valence-corrected chi connectivity index (χ2v) is 11.9. The number of rotatable bonds is 16. The molecule has 0 amide bonds. The van der Waals surface area contributed by atoms with Crippen molar-refractivity contribution < 1.29 is 61.2 Å². The smallest absolute Gasteiger partial charge is 0.338 e. The van der Waals surface area contributed by atoms with Crippen molar-refractivity contribution in [1.82, 2.24) is 0 Å². The number of nitrogens with one attached hydrogen (secondary N) is 1. The third kappa shape index (κ3) is 11.2. The molecule has 2 radical (unpaired) electrons. The molecule has 2 heterocycles. The predicted molar refractivity (Wildman–Crippen MR) is 182 cm³/mol. The Balaban J connectivity index is 1.77. The molecule has 0 saturated carbocycles. The Bertz CT molecular complexity index is 1540. The van der Waals surface area contributed by atoms with Crippen LogP contribution in [0.4, 0.5) is 0 Å². The molecule has 0 aliphatic carbocycles. The molecular formula is C33H39BN4O13S. The van der Waals surface area contributed by atoms with Crippen LogP contribution in [0.2, 0.25) is 0 Å². The van der Waals surface area contributed by atoms with Crippen molar-refractivity contribution in [2.75, 3.05) is 13.7 Å². The summed E-state index contributed by atoms with van der Waals surface area (Å²) in [5.74, 6) is -2.79. The Hall–Kier alpha value is -4.20. The van der Waals surface area contributed by atoms with Crippen molar-refractivity contribution >= 4 is 42.8 Å². The summed E-state index contributed by atoms with van der Waals surface area (Å²) in [5, 5.41) is 11.8. The molecule has 4 rings (SSSR count). The van der Waals surface area contributed by atoms with E-state index in [1.54, 1.807) is 24.3 Å². The van der Waals surface area contributed by atoms with Gasteiger partial charge in [-0.3, -0.25) is 15.0 Å². The van der Waals surface area contributed by atoms with Crippen LogP contribution in [0.5, 0.6) is 0 Å². The number of methoxy groups -OCH3 is 1. The largest absolute Gasteiger partial charge is 0.467 e. The molecule has 2 aliphatic rings. The first-order chi connectivity index (χ1) is 25.1. The summed E-state index contributed by atoms with van der Waals surface area (Å²) in [7, 11) is 6.79. The molecule has 19 heteroatoms. The van der Waals surface area contributed by atoms with Gasteiger partial charge in [0, 0.05) is 25.7 Å². The molecule has 10 atom stereocenters. The molecule has 10 unspecified atom stereocenters. The fourth-order valence-electron chi connectivity index (χ4n) is 5.66. The molecule has 2 aromatic rings. The number of esters is 3. The van der Waals surface area contributed by atoms with Crippen molar-refractivity contribution in [2.24, 2.45) is 5.11 Å². The van der Waals surface area contributed by atoms with E-state index in [2.05, 4.69) is 10.0 Å². The number of carbonyl (C=O) groups is 3. The van der Waals surface area contributed by atoms with E-state index < -0.39 is 79.3 Å². The molecule has 0 spiro atoms. The van der Waals surface area contributed by atoms with Crippen LogP contribution in [0, 0.1) is 5.41 Å². The fourth-order valence-corrected chi connectivity index (χ4v) is 6.02. The van der Waals surface area contributed by atoms with Crippen molar-refractivity contribution in [3.63, 3.8) is 0 Å². The first kappa shape index (κ1) is 40.6. The zero-order chi connectivity index (χ0) is 37.6. The standard InChI is InChI=1S/C33H39BN4O13S/c1-18(35)45-33-30(47-20(3)40)27(44-16-22-13-9-6-10-14-22)28(29(50-33)31(41)42-4)49-32-24(37-38-36)26(46-19(2)39)25(51-52-34)23(48-32)17-43-15-21-11-7-5-8-12-21/h5-14,23-30,32-33,35H,15-17H2,1-4H3. The maximum absolute atomic E-state index is 13.3. The molecule has 2 fully saturated rings. The summed E-state index contributed by atoms with van der Waals surface area (Å²) < 4.78 is 58.5. The van der Waals surface area contributed by atoms with Crippen LogP contribution in [-0.4, -0.2) is 106 Å². The minimum atomic E-state index is -1.65. The lowest BCUT2D eigenvalue weighted by molar-refractivity contribution is -0.337. The predicted octanol–water partition coefficient (Wildman–Crippen LogP) is 3.47. The van der Waals surface area contributed by atoms with E-state index in [0.29, 0.717) is 17.5 Å². The summed E-state index contributed by atoms with van der Waals surface area (Å²) in [4.78, 5) is 41.1. The van der Waals surface area contributed by atoms with Crippen LogP contribution < -0.4 is 0 Å². The second kappa shape index (κ2) is 20.2. The Morgan fingerprint density at radius 3 is 2.02 bits per heavy atom. The topological polar surface area (TPSA) is 216 Å². The molecule has 2 saturated heterocycles. The van der Waals surface area contributed by atoms with Gasteiger partial charge in [0.2, 0.25) is 13.4 Å². The molecule has 52 heavy (non-hydrogen) atoms. The highest BCUT2D eigenvalue weighted by molar-refractivity contribution is 8.15. The van der Waals surface area contributed by atoms with Crippen LogP contribution in [-0.2, 0) is 74.4 Å². The minimum Gasteiger partial charge on any atom is -0.467 e. The maximum atomic E-state index is 13.3. The Morgan fingerprint density at radius 1 is 0.846 bits per heavy atom. The van der Waals surface area contributed by atoms with Gasteiger partial charge in [0.05, 0.1) is 26.9 Å². The van der Waals surface area contributed by atoms with E-state index in [9.17, 15) is 19.9 Å². The zero-order valence-electron chi connectivity index (χ0n) is 28.8. The first-order valence-electron chi connectivity index (χ1n) is 16.0. The number of hydrogen-bond acceptors (Lipinski definition) is 16. The summed E-state index contributed by atoms with van der Waals surface area (Å²) in [6.07, 6.45) is -12.7. The van der Waals surface area contributed by atoms with Crippen LogP contribution >= 0.6 is 11.9 Å². The second-order valence-electron chi connectivity index (χ2n) is 11.5. The number of ether oxygens (including phenoxy) is 9. The van der Waals surface area contributed by atoms with Gasteiger partial charge in [-0.2, -0.15) is 0 Å². The van der Waals surface area contributed by atoms with Gasteiger partial charge in [-0.15, -0.1) is 0 Å². The summed E-state index contributed by atoms with van der Waals surface area (Å²) in [5.41, 5.74) is 11.2. The highest BCUT2D eigenvalue weighted by Gasteiger charge is 2.57. The van der Waals surface area contributed by atoms with Crippen LogP contribution in [0.25, 0.3) is 10.4 Å². The molecule has 278 valence electrons. The van der Waals surface area contributed by atoms with Gasteiger partial charge >= 0.3 is 17.9 Å². The maximum Gasteiger partial charge on any atom is 0.338 e. The number of carbonyl (C=O) groups excluding carboxylic acids is 3. The Labute approximate surface area is 305 Å². The highest BCUT2D eigenvalue weighted by atomic mass is 32.2. The van der Waals surface area contributed by atoms with Crippen LogP contribution in [0.15, 0.2) is 65.8 Å². The van der Waals surface area contributed by atoms with Gasteiger partial charge < -0.3 is 46.8 Å². The third-order valence-electron chi connectivity index (χ3n) is 7.76. The molecule has 1 N–H and O–H groups in total. The summed E-state index contributed by atoms with van der Waals surface area (Å²) >= 11 is 0.469. The molecule has 2 aromatic carbocycles. The monoisotopic (exact) mass is 742 g/mol. The molecular weight excluding hydrogens is 703 g/mol. The lowest BCUT2D eigenvalue weighted by Gasteiger charge is -2.48. The van der Waals surface area contributed by atoms with Gasteiger partial charge in [0.15, 0.2) is 24.4 Å². The SMILES string of the molecule is [B]SOC1C(COCc2ccccc2)OC(OC2C(C(=O)OC)OC(OC(C)=N)C(OC(C)=O)C2OCc2ccccc2)C(N=[N+]=[N-])C1OC(C)=O. The number of hydrogen-bond donors (Lipinski definition) is 1. The van der Waals surface area contributed by atoms with Gasteiger partial charge in [-0.05, 0) is 16.7 Å². The highest BCUT2D eigenvalue weighted by Crippen LogP contribution is 2.36. The first-order valence-corrected chi connectivity index (χ1v) is 16.8. The third-order valence-corrected chi connectivity index (χ3v) is 8.10. The Morgan fingerprint density at radius 2 is 1.46 bits per heavy atom. The summed E-state index contributed by atoms with van der Waals surface area (Å²) in [6, 6.07) is 16.8. The molecule has 0 bridgehead atoms. The normalized spacial score (nSPS) is 28.5. The van der Waals surface area contributed by atoms with Gasteiger partial charge in [-0.1, -0.05) is 77.7 Å². The van der Waals surface area contributed by atoms with Crippen molar-refractivity contribution in [3.8, 4) is 0 Å². The quantitative estimate of drug-likeness (QED) is 0.0300. The van der Waals surface area contributed by atoms with E-state index in [-0.39, 0.29) is 25.7 Å². The van der Waals surface area contributed by atoms with E-state index in [0.717, 1.165) is 26.5 Å². The van der Waals surface area contributed by atoms with E-state index in [1.165, 1.54) is 6.92 Å².